The maximum Gasteiger partial charge on any atom is 0.417 e. The minimum atomic E-state index is -4.65. The van der Waals surface area contributed by atoms with Crippen molar-refractivity contribution in [1.29, 1.82) is 0 Å². The van der Waals surface area contributed by atoms with Crippen LogP contribution in [0.4, 0.5) is 13.2 Å². The predicted molar refractivity (Wildman–Crippen MR) is 60.4 cm³/mol. The van der Waals surface area contributed by atoms with Crippen LogP contribution in [0, 0.1) is 0 Å². The number of piperidine rings is 1. The highest BCUT2D eigenvalue weighted by Crippen LogP contribution is 2.38. The molecular weight excluding hydrogens is 261 g/mol. The summed E-state index contributed by atoms with van der Waals surface area (Å²) in [5.41, 5.74) is -2.30. The molecule has 0 aromatic carbocycles. The Balaban J connectivity index is 2.03. The Bertz CT molecular complexity index is 454. The van der Waals surface area contributed by atoms with Gasteiger partial charge in [-0.25, -0.2) is 0 Å². The van der Waals surface area contributed by atoms with E-state index in [1.807, 2.05) is 0 Å². The van der Waals surface area contributed by atoms with Crippen molar-refractivity contribution in [1.82, 2.24) is 9.88 Å². The average Bonchev–Trinajstić information content (AvgIpc) is 2.39. The molecule has 104 valence electrons. The topological polar surface area (TPSA) is 53.4 Å². The number of nitrogens with zero attached hydrogens (tertiary/aromatic N) is 2. The Morgan fingerprint density at radius 3 is 2.26 bits per heavy atom. The van der Waals surface area contributed by atoms with Crippen LogP contribution in [0.5, 0.6) is 0 Å². The zero-order valence-corrected chi connectivity index (χ0v) is 10.0. The zero-order chi connectivity index (χ0) is 14.1. The minimum absolute atomic E-state index is 0.114. The van der Waals surface area contributed by atoms with Gasteiger partial charge in [0.1, 0.15) is 0 Å². The molecule has 1 aliphatic rings. The van der Waals surface area contributed by atoms with Gasteiger partial charge in [-0.1, -0.05) is 0 Å². The SMILES string of the molecule is O=C(c1ccncc1)N1CCC(O)(C(F)(F)F)CC1. The number of rotatable bonds is 1. The van der Waals surface area contributed by atoms with Gasteiger partial charge >= 0.3 is 6.18 Å². The maximum atomic E-state index is 12.6. The van der Waals surface area contributed by atoms with E-state index in [1.165, 1.54) is 29.4 Å². The van der Waals surface area contributed by atoms with Crippen molar-refractivity contribution in [3.05, 3.63) is 30.1 Å². The first-order chi connectivity index (χ1) is 8.83. The number of amides is 1. The van der Waals surface area contributed by atoms with Gasteiger partial charge in [-0.2, -0.15) is 13.2 Å². The van der Waals surface area contributed by atoms with Crippen LogP contribution in [0.3, 0.4) is 0 Å². The van der Waals surface area contributed by atoms with Crippen molar-refractivity contribution in [2.45, 2.75) is 24.6 Å². The molecule has 0 spiro atoms. The fourth-order valence-corrected chi connectivity index (χ4v) is 2.04. The molecule has 1 saturated heterocycles. The second kappa shape index (κ2) is 4.80. The molecule has 0 unspecified atom stereocenters. The van der Waals surface area contributed by atoms with Crippen LogP contribution in [0.2, 0.25) is 0 Å². The zero-order valence-electron chi connectivity index (χ0n) is 10.0. The second-order valence-corrected chi connectivity index (χ2v) is 4.56. The normalized spacial score (nSPS) is 19.3. The number of halogens is 3. The molecular formula is C12H13F3N2O2. The van der Waals surface area contributed by atoms with E-state index in [9.17, 15) is 23.1 Å². The van der Waals surface area contributed by atoms with Crippen LogP contribution in [-0.4, -0.2) is 45.8 Å². The van der Waals surface area contributed by atoms with Gasteiger partial charge < -0.3 is 10.0 Å². The summed E-state index contributed by atoms with van der Waals surface area (Å²) in [7, 11) is 0. The second-order valence-electron chi connectivity index (χ2n) is 4.56. The summed E-state index contributed by atoms with van der Waals surface area (Å²) in [6.45, 7) is -0.228. The first-order valence-electron chi connectivity index (χ1n) is 5.82. The first kappa shape index (κ1) is 13.8. The molecule has 1 amide bonds. The van der Waals surface area contributed by atoms with Crippen LogP contribution in [0.1, 0.15) is 23.2 Å². The lowest BCUT2D eigenvalue weighted by atomic mass is 9.90. The van der Waals surface area contributed by atoms with E-state index < -0.39 is 24.6 Å². The molecule has 0 radical (unpaired) electrons. The third-order valence-electron chi connectivity index (χ3n) is 3.33. The van der Waals surface area contributed by atoms with E-state index in [2.05, 4.69) is 4.98 Å². The number of likely N-dealkylation sites (tertiary alicyclic amines) is 1. The van der Waals surface area contributed by atoms with Crippen molar-refractivity contribution in [3.63, 3.8) is 0 Å². The number of carbonyl (C=O) groups excluding carboxylic acids is 1. The molecule has 1 fully saturated rings. The number of aromatic nitrogens is 1. The van der Waals surface area contributed by atoms with Crippen molar-refractivity contribution in [2.24, 2.45) is 0 Å². The van der Waals surface area contributed by atoms with E-state index in [0.29, 0.717) is 5.56 Å². The maximum absolute atomic E-state index is 12.6. The Labute approximate surface area is 107 Å². The monoisotopic (exact) mass is 274 g/mol. The number of aliphatic hydroxyl groups is 1. The van der Waals surface area contributed by atoms with Crippen LogP contribution < -0.4 is 0 Å². The molecule has 0 atom stereocenters. The summed E-state index contributed by atoms with van der Waals surface area (Å²) in [4.78, 5) is 17.1. The van der Waals surface area contributed by atoms with E-state index in [0.717, 1.165) is 0 Å². The van der Waals surface area contributed by atoms with Gasteiger partial charge in [-0.05, 0) is 12.1 Å². The van der Waals surface area contributed by atoms with Crippen LogP contribution in [-0.2, 0) is 0 Å². The average molecular weight is 274 g/mol. The standard InChI is InChI=1S/C12H13F3N2O2/c13-12(14,15)11(19)3-7-17(8-4-11)10(18)9-1-5-16-6-2-9/h1-2,5-6,19H,3-4,7-8H2. The molecule has 4 nitrogen and oxygen atoms in total. The fourth-order valence-electron chi connectivity index (χ4n) is 2.04. The highest BCUT2D eigenvalue weighted by molar-refractivity contribution is 5.94. The number of pyridine rings is 1. The fraction of sp³-hybridized carbons (Fsp3) is 0.500. The lowest BCUT2D eigenvalue weighted by molar-refractivity contribution is -0.271. The van der Waals surface area contributed by atoms with Crippen LogP contribution in [0.15, 0.2) is 24.5 Å². The van der Waals surface area contributed by atoms with Crippen molar-refractivity contribution < 1.29 is 23.1 Å². The third kappa shape index (κ3) is 2.70. The number of hydrogen-bond donors (Lipinski definition) is 1. The molecule has 2 rings (SSSR count). The van der Waals surface area contributed by atoms with Crippen molar-refractivity contribution >= 4 is 5.91 Å². The minimum Gasteiger partial charge on any atom is -0.380 e. The van der Waals surface area contributed by atoms with Gasteiger partial charge in [0.25, 0.3) is 5.91 Å². The molecule has 0 bridgehead atoms. The number of carbonyl (C=O) groups is 1. The Morgan fingerprint density at radius 2 is 1.79 bits per heavy atom. The van der Waals surface area contributed by atoms with Gasteiger partial charge in [0.05, 0.1) is 0 Å². The van der Waals surface area contributed by atoms with Crippen molar-refractivity contribution in [2.75, 3.05) is 13.1 Å². The summed E-state index contributed by atoms with van der Waals surface area (Å²) in [6, 6.07) is 3.01. The van der Waals surface area contributed by atoms with Gasteiger partial charge in [0.15, 0.2) is 5.60 Å². The van der Waals surface area contributed by atoms with Crippen molar-refractivity contribution in [3.8, 4) is 0 Å². The molecule has 0 aliphatic carbocycles. The molecule has 7 heteroatoms. The van der Waals surface area contributed by atoms with E-state index in [4.69, 9.17) is 0 Å². The number of alkyl halides is 3. The van der Waals surface area contributed by atoms with E-state index in [-0.39, 0.29) is 19.0 Å². The molecule has 2 heterocycles. The molecule has 1 aromatic rings. The molecule has 0 saturated carbocycles. The van der Waals surface area contributed by atoms with Gasteiger partial charge in [-0.15, -0.1) is 0 Å². The lowest BCUT2D eigenvalue weighted by Gasteiger charge is -2.39. The largest absolute Gasteiger partial charge is 0.417 e. The van der Waals surface area contributed by atoms with Gasteiger partial charge in [-0.3, -0.25) is 9.78 Å². The summed E-state index contributed by atoms with van der Waals surface area (Å²) in [6.07, 6.45) is -2.74. The summed E-state index contributed by atoms with van der Waals surface area (Å²) < 4.78 is 37.8. The Morgan fingerprint density at radius 1 is 1.26 bits per heavy atom. The smallest absolute Gasteiger partial charge is 0.380 e. The Kier molecular flexibility index (Phi) is 3.49. The summed E-state index contributed by atoms with van der Waals surface area (Å²) >= 11 is 0. The summed E-state index contributed by atoms with van der Waals surface area (Å²) in [5.74, 6) is -0.341. The molecule has 1 aliphatic heterocycles. The molecule has 1 aromatic heterocycles. The third-order valence-corrected chi connectivity index (χ3v) is 3.33. The highest BCUT2D eigenvalue weighted by atomic mass is 19.4. The Hall–Kier alpha value is -1.63. The first-order valence-corrected chi connectivity index (χ1v) is 5.82. The van der Waals surface area contributed by atoms with Gasteiger partial charge in [0, 0.05) is 43.9 Å². The van der Waals surface area contributed by atoms with Crippen LogP contribution in [0.25, 0.3) is 0 Å². The summed E-state index contributed by atoms with van der Waals surface area (Å²) in [5, 5.41) is 9.50. The predicted octanol–water partition coefficient (Wildman–Crippen LogP) is 1.61. The highest BCUT2D eigenvalue weighted by Gasteiger charge is 2.54. The quantitative estimate of drug-likeness (QED) is 0.846. The molecule has 1 N–H and O–H groups in total. The lowest BCUT2D eigenvalue weighted by Crippen LogP contribution is -2.54. The van der Waals surface area contributed by atoms with E-state index in [1.54, 1.807) is 0 Å². The van der Waals surface area contributed by atoms with Crippen LogP contribution >= 0.6 is 0 Å². The number of hydrogen-bond acceptors (Lipinski definition) is 3. The molecule has 19 heavy (non-hydrogen) atoms. The van der Waals surface area contributed by atoms with Gasteiger partial charge in [0.2, 0.25) is 0 Å². The van der Waals surface area contributed by atoms with E-state index >= 15 is 0 Å².